The van der Waals surface area contributed by atoms with Gasteiger partial charge < -0.3 is 0 Å². The predicted octanol–water partition coefficient (Wildman–Crippen LogP) is 8.22. The second kappa shape index (κ2) is 10.6. The van der Waals surface area contributed by atoms with E-state index in [2.05, 4.69) is 18.4 Å². The van der Waals surface area contributed by atoms with Crippen LogP contribution in [0.1, 0.15) is 61.6 Å². The maximum Gasteiger partial charge on any atom is 0.139 e. The Bertz CT molecular complexity index is 1140. The number of hydrogen-bond acceptors (Lipinski definition) is 0. The first-order chi connectivity index (χ1) is 15.6. The molecule has 0 unspecified atom stereocenters. The SMILES string of the molecule is C=CCCC1CCC(CCc2ccc(C#Cc3ccc4cc(F)ccc4c3)c(F)c2)CC1. The molecule has 0 heterocycles. The molecule has 0 aromatic heterocycles. The number of fused-ring (bicyclic) bond motifs is 1. The van der Waals surface area contributed by atoms with Crippen molar-refractivity contribution in [3.8, 4) is 11.8 Å². The Morgan fingerprint density at radius 3 is 2.28 bits per heavy atom. The second-order valence-corrected chi connectivity index (χ2v) is 9.06. The van der Waals surface area contributed by atoms with E-state index in [1.165, 1.54) is 44.2 Å². The number of rotatable bonds is 6. The van der Waals surface area contributed by atoms with E-state index in [4.69, 9.17) is 0 Å². The van der Waals surface area contributed by atoms with Gasteiger partial charge in [-0.05, 0) is 90.3 Å². The van der Waals surface area contributed by atoms with E-state index in [1.807, 2.05) is 30.3 Å². The summed E-state index contributed by atoms with van der Waals surface area (Å²) in [6.45, 7) is 3.83. The van der Waals surface area contributed by atoms with Gasteiger partial charge in [-0.2, -0.15) is 0 Å². The highest BCUT2D eigenvalue weighted by atomic mass is 19.1. The Morgan fingerprint density at radius 1 is 0.812 bits per heavy atom. The lowest BCUT2D eigenvalue weighted by Gasteiger charge is -2.28. The van der Waals surface area contributed by atoms with Crippen molar-refractivity contribution < 1.29 is 8.78 Å². The molecular formula is C30H30F2. The Balaban J connectivity index is 1.34. The first kappa shape index (κ1) is 22.3. The number of allylic oxidation sites excluding steroid dienone is 1. The summed E-state index contributed by atoms with van der Waals surface area (Å²) in [5, 5.41) is 1.75. The van der Waals surface area contributed by atoms with Crippen LogP contribution in [0.15, 0.2) is 67.3 Å². The van der Waals surface area contributed by atoms with E-state index in [0.717, 1.165) is 53.0 Å². The minimum atomic E-state index is -0.258. The van der Waals surface area contributed by atoms with Crippen molar-refractivity contribution >= 4 is 10.8 Å². The third-order valence-corrected chi connectivity index (χ3v) is 6.76. The van der Waals surface area contributed by atoms with E-state index in [-0.39, 0.29) is 11.6 Å². The van der Waals surface area contributed by atoms with Crippen molar-refractivity contribution in [1.29, 1.82) is 0 Å². The lowest BCUT2D eigenvalue weighted by molar-refractivity contribution is 0.254. The van der Waals surface area contributed by atoms with Crippen LogP contribution in [0.5, 0.6) is 0 Å². The van der Waals surface area contributed by atoms with Gasteiger partial charge in [0.05, 0.1) is 5.56 Å². The van der Waals surface area contributed by atoms with Gasteiger partial charge in [-0.15, -0.1) is 6.58 Å². The van der Waals surface area contributed by atoms with Gasteiger partial charge in [0.15, 0.2) is 0 Å². The molecule has 32 heavy (non-hydrogen) atoms. The molecule has 1 aliphatic rings. The van der Waals surface area contributed by atoms with Crippen LogP contribution >= 0.6 is 0 Å². The van der Waals surface area contributed by atoms with Crippen molar-refractivity contribution in [3.63, 3.8) is 0 Å². The van der Waals surface area contributed by atoms with Gasteiger partial charge in [0, 0.05) is 5.56 Å². The normalized spacial score (nSPS) is 18.2. The van der Waals surface area contributed by atoms with Gasteiger partial charge in [-0.1, -0.05) is 61.8 Å². The topological polar surface area (TPSA) is 0 Å². The largest absolute Gasteiger partial charge is 0.207 e. The highest BCUT2D eigenvalue weighted by molar-refractivity contribution is 5.83. The van der Waals surface area contributed by atoms with Crippen LogP contribution in [0.25, 0.3) is 10.8 Å². The van der Waals surface area contributed by atoms with Crippen LogP contribution < -0.4 is 0 Å². The molecule has 0 amide bonds. The van der Waals surface area contributed by atoms with Crippen LogP contribution in [0, 0.1) is 35.3 Å². The monoisotopic (exact) mass is 428 g/mol. The van der Waals surface area contributed by atoms with E-state index < -0.39 is 0 Å². The van der Waals surface area contributed by atoms with Crippen molar-refractivity contribution in [3.05, 3.63) is 95.6 Å². The van der Waals surface area contributed by atoms with E-state index >= 15 is 0 Å². The molecule has 164 valence electrons. The zero-order valence-electron chi connectivity index (χ0n) is 18.5. The quantitative estimate of drug-likeness (QED) is 0.274. The van der Waals surface area contributed by atoms with Gasteiger partial charge in [0.25, 0.3) is 0 Å². The molecule has 0 atom stereocenters. The molecule has 0 spiro atoms. The van der Waals surface area contributed by atoms with Gasteiger partial charge in [0.1, 0.15) is 11.6 Å². The first-order valence-corrected chi connectivity index (χ1v) is 11.7. The lowest BCUT2D eigenvalue weighted by atomic mass is 9.78. The molecule has 0 N–H and O–H groups in total. The van der Waals surface area contributed by atoms with Crippen molar-refractivity contribution in [2.24, 2.45) is 11.8 Å². The van der Waals surface area contributed by atoms with Crippen LogP contribution in [0.2, 0.25) is 0 Å². The summed E-state index contributed by atoms with van der Waals surface area (Å²) in [6.07, 6.45) is 11.7. The zero-order valence-corrected chi connectivity index (χ0v) is 18.5. The summed E-state index contributed by atoms with van der Waals surface area (Å²) >= 11 is 0. The van der Waals surface area contributed by atoms with Gasteiger partial charge in [0.2, 0.25) is 0 Å². The van der Waals surface area contributed by atoms with Crippen LogP contribution in [-0.4, -0.2) is 0 Å². The van der Waals surface area contributed by atoms with Crippen LogP contribution in [-0.2, 0) is 6.42 Å². The van der Waals surface area contributed by atoms with Crippen molar-refractivity contribution in [2.45, 2.75) is 51.4 Å². The summed E-state index contributed by atoms with van der Waals surface area (Å²) in [5.41, 5.74) is 2.25. The van der Waals surface area contributed by atoms with E-state index in [1.54, 1.807) is 18.2 Å². The third-order valence-electron chi connectivity index (χ3n) is 6.76. The fourth-order valence-corrected chi connectivity index (χ4v) is 4.78. The van der Waals surface area contributed by atoms with Crippen molar-refractivity contribution in [2.75, 3.05) is 0 Å². The smallest absolute Gasteiger partial charge is 0.139 e. The second-order valence-electron chi connectivity index (χ2n) is 9.06. The van der Waals surface area contributed by atoms with Crippen LogP contribution in [0.3, 0.4) is 0 Å². The summed E-state index contributed by atoms with van der Waals surface area (Å²) in [6, 6.07) is 15.7. The minimum absolute atomic E-state index is 0.255. The van der Waals surface area contributed by atoms with Gasteiger partial charge in [-0.3, -0.25) is 0 Å². The average molecular weight is 429 g/mol. The number of hydrogen-bond donors (Lipinski definition) is 0. The standard InChI is InChI=1S/C30H30F2/c1-2-3-4-22-5-7-23(8-6-22)9-10-25-12-15-26(30(32)20-25)14-11-24-13-16-28-21-29(31)18-17-27(28)19-24/h2,12-13,15-23H,1,3-10H2. The molecule has 3 aromatic rings. The van der Waals surface area contributed by atoms with Gasteiger partial charge in [-0.25, -0.2) is 8.78 Å². The number of aryl methyl sites for hydroxylation is 1. The maximum atomic E-state index is 14.6. The molecule has 0 saturated heterocycles. The molecule has 4 rings (SSSR count). The molecule has 1 saturated carbocycles. The maximum absolute atomic E-state index is 14.6. The summed E-state index contributed by atoms with van der Waals surface area (Å²) < 4.78 is 28.0. The molecule has 0 radical (unpaired) electrons. The van der Waals surface area contributed by atoms with E-state index in [9.17, 15) is 8.78 Å². The highest BCUT2D eigenvalue weighted by Crippen LogP contribution is 2.34. The molecular weight excluding hydrogens is 398 g/mol. The molecule has 2 heteroatoms. The molecule has 0 bridgehead atoms. The molecule has 1 aliphatic carbocycles. The Kier molecular flexibility index (Phi) is 7.38. The average Bonchev–Trinajstić information content (AvgIpc) is 2.81. The Morgan fingerprint density at radius 2 is 1.53 bits per heavy atom. The summed E-state index contributed by atoms with van der Waals surface area (Å²) in [4.78, 5) is 0. The first-order valence-electron chi connectivity index (χ1n) is 11.7. The fraction of sp³-hybridized carbons (Fsp3) is 0.333. The zero-order chi connectivity index (χ0) is 22.3. The van der Waals surface area contributed by atoms with Crippen molar-refractivity contribution in [1.82, 2.24) is 0 Å². The lowest BCUT2D eigenvalue weighted by Crippen LogP contribution is -2.15. The highest BCUT2D eigenvalue weighted by Gasteiger charge is 2.20. The summed E-state index contributed by atoms with van der Waals surface area (Å²) in [7, 11) is 0. The number of benzene rings is 3. The Labute approximate surface area is 190 Å². The molecule has 1 fully saturated rings. The Hall–Kier alpha value is -2.92. The summed E-state index contributed by atoms with van der Waals surface area (Å²) in [5.74, 6) is 7.11. The predicted molar refractivity (Wildman–Crippen MR) is 129 cm³/mol. The third kappa shape index (κ3) is 5.86. The number of halogens is 2. The van der Waals surface area contributed by atoms with E-state index in [0.29, 0.717) is 5.56 Å². The molecule has 3 aromatic carbocycles. The van der Waals surface area contributed by atoms with Gasteiger partial charge >= 0.3 is 0 Å². The fourth-order valence-electron chi connectivity index (χ4n) is 4.78. The molecule has 0 aliphatic heterocycles. The van der Waals surface area contributed by atoms with Crippen LogP contribution in [0.4, 0.5) is 8.78 Å². The molecule has 0 nitrogen and oxygen atoms in total. The minimum Gasteiger partial charge on any atom is -0.207 e.